The summed E-state index contributed by atoms with van der Waals surface area (Å²) in [5.74, 6) is 1.75. The summed E-state index contributed by atoms with van der Waals surface area (Å²) in [4.78, 5) is 16.2. The topological polar surface area (TPSA) is 56.7 Å². The van der Waals surface area contributed by atoms with Crippen LogP contribution in [0.15, 0.2) is 211 Å². The minimum absolute atomic E-state index is 0.564. The Morgan fingerprint density at radius 1 is 0.323 bits per heavy atom. The van der Waals surface area contributed by atoms with E-state index in [0.717, 1.165) is 71.9 Å². The molecule has 0 unspecified atom stereocenters. The van der Waals surface area contributed by atoms with Crippen molar-refractivity contribution < 1.29 is 4.42 Å². The van der Waals surface area contributed by atoms with Crippen LogP contribution in [0.2, 0.25) is 0 Å². The van der Waals surface area contributed by atoms with E-state index >= 15 is 0 Å². The molecule has 62 heavy (non-hydrogen) atoms. The summed E-state index contributed by atoms with van der Waals surface area (Å²) >= 11 is 0. The molecule has 0 aliphatic carbocycles. The summed E-state index contributed by atoms with van der Waals surface area (Å²) in [5.41, 5.74) is 9.70. The molecule has 0 amide bonds. The first kappa shape index (κ1) is 34.5. The highest BCUT2D eigenvalue weighted by Gasteiger charge is 2.25. The van der Waals surface area contributed by atoms with E-state index in [1.165, 1.54) is 37.7 Å². The first-order valence-corrected chi connectivity index (χ1v) is 20.9. The van der Waals surface area contributed by atoms with Crippen LogP contribution >= 0.6 is 0 Å². The van der Waals surface area contributed by atoms with E-state index < -0.39 is 0 Å². The lowest BCUT2D eigenvalue weighted by Crippen LogP contribution is -2.04. The van der Waals surface area contributed by atoms with Gasteiger partial charge in [0.2, 0.25) is 0 Å². The number of hydrogen-bond donors (Lipinski definition) is 0. The first-order chi connectivity index (χ1) is 30.7. The van der Waals surface area contributed by atoms with Crippen LogP contribution in [0.4, 0.5) is 0 Å². The molecule has 0 saturated carbocycles. The fraction of sp³-hybridized carbons (Fsp3) is 0. The summed E-state index contributed by atoms with van der Waals surface area (Å²) < 4.78 is 8.99. The summed E-state index contributed by atoms with van der Waals surface area (Å²) in [6.07, 6.45) is 0. The van der Waals surface area contributed by atoms with Gasteiger partial charge in [0, 0.05) is 32.7 Å². The molecule has 0 fully saturated rings. The molecular weight excluding hydrogens is 757 g/mol. The van der Waals surface area contributed by atoms with Gasteiger partial charge in [-0.1, -0.05) is 164 Å². The molecule has 0 N–H and O–H groups in total. The van der Waals surface area contributed by atoms with Gasteiger partial charge in [-0.3, -0.25) is 0 Å². The first-order valence-electron chi connectivity index (χ1n) is 20.9. The SMILES string of the molecule is c1ccc(-c2ccc(-c3nc(-c4ccc5c(ccc6ccccc65)c4)nc(-c4c(-n5c6ccccc6c6cc7ccccc7cc65)ccc5oc6ccccc6c45)n3)cc2)cc1. The third kappa shape index (κ3) is 5.38. The van der Waals surface area contributed by atoms with Crippen LogP contribution in [-0.4, -0.2) is 19.5 Å². The predicted octanol–water partition coefficient (Wildman–Crippen LogP) is 15.0. The van der Waals surface area contributed by atoms with Crippen LogP contribution in [0.1, 0.15) is 0 Å². The molecule has 13 rings (SSSR count). The number of rotatable bonds is 5. The molecule has 0 atom stereocenters. The van der Waals surface area contributed by atoms with E-state index in [0.29, 0.717) is 17.5 Å². The number of para-hydroxylation sites is 2. The maximum absolute atomic E-state index is 6.61. The molecule has 0 aliphatic heterocycles. The summed E-state index contributed by atoms with van der Waals surface area (Å²) in [6, 6.07) is 72.8. The van der Waals surface area contributed by atoms with Crippen LogP contribution in [-0.2, 0) is 0 Å². The molecule has 3 heterocycles. The summed E-state index contributed by atoms with van der Waals surface area (Å²) in [7, 11) is 0. The van der Waals surface area contributed by atoms with Crippen molar-refractivity contribution in [2.75, 3.05) is 0 Å². The maximum atomic E-state index is 6.61. The summed E-state index contributed by atoms with van der Waals surface area (Å²) in [6.45, 7) is 0. The molecule has 13 aromatic rings. The lowest BCUT2D eigenvalue weighted by atomic mass is 9.99. The van der Waals surface area contributed by atoms with Crippen LogP contribution < -0.4 is 0 Å². The second-order valence-corrected chi connectivity index (χ2v) is 16.0. The van der Waals surface area contributed by atoms with Crippen molar-refractivity contribution in [2.24, 2.45) is 0 Å². The zero-order chi connectivity index (χ0) is 40.7. The minimum atomic E-state index is 0.564. The smallest absolute Gasteiger partial charge is 0.166 e. The molecule has 0 bridgehead atoms. The quantitative estimate of drug-likeness (QED) is 0.163. The summed E-state index contributed by atoms with van der Waals surface area (Å²) in [5, 5.41) is 11.4. The molecule has 0 spiro atoms. The van der Waals surface area contributed by atoms with Crippen LogP contribution in [0.25, 0.3) is 127 Å². The third-order valence-corrected chi connectivity index (χ3v) is 12.4. The van der Waals surface area contributed by atoms with Crippen molar-refractivity contribution in [1.82, 2.24) is 19.5 Å². The van der Waals surface area contributed by atoms with Gasteiger partial charge in [0.1, 0.15) is 11.2 Å². The van der Waals surface area contributed by atoms with Crippen LogP contribution in [0.3, 0.4) is 0 Å². The molecule has 0 radical (unpaired) electrons. The Bertz CT molecular complexity index is 3920. The van der Waals surface area contributed by atoms with Gasteiger partial charge in [-0.25, -0.2) is 15.0 Å². The van der Waals surface area contributed by atoms with E-state index in [-0.39, 0.29) is 0 Å². The molecular formula is C57H34N4O. The third-order valence-electron chi connectivity index (χ3n) is 12.4. The molecule has 5 nitrogen and oxygen atoms in total. The Kier molecular flexibility index (Phi) is 7.54. The highest BCUT2D eigenvalue weighted by Crippen LogP contribution is 2.44. The van der Waals surface area contributed by atoms with Gasteiger partial charge in [-0.2, -0.15) is 0 Å². The number of aromatic nitrogens is 4. The molecule has 0 aliphatic rings. The van der Waals surface area contributed by atoms with E-state index in [2.05, 4.69) is 193 Å². The van der Waals surface area contributed by atoms with E-state index in [9.17, 15) is 0 Å². The number of furan rings is 1. The second-order valence-electron chi connectivity index (χ2n) is 16.0. The van der Waals surface area contributed by atoms with Crippen LogP contribution in [0, 0.1) is 0 Å². The Hall–Kier alpha value is -8.41. The van der Waals surface area contributed by atoms with Gasteiger partial charge in [0.05, 0.1) is 22.3 Å². The van der Waals surface area contributed by atoms with Gasteiger partial charge in [-0.05, 0) is 85.9 Å². The van der Waals surface area contributed by atoms with E-state index in [1.54, 1.807) is 0 Å². The molecule has 10 aromatic carbocycles. The maximum Gasteiger partial charge on any atom is 0.166 e. The number of benzene rings is 10. The van der Waals surface area contributed by atoms with Crippen molar-refractivity contribution in [3.8, 4) is 51.0 Å². The highest BCUT2D eigenvalue weighted by molar-refractivity contribution is 6.17. The Labute approximate surface area is 355 Å². The average molecular weight is 791 g/mol. The van der Waals surface area contributed by atoms with Gasteiger partial charge in [-0.15, -0.1) is 0 Å². The number of fused-ring (bicyclic) bond motifs is 10. The molecule has 0 saturated heterocycles. The largest absolute Gasteiger partial charge is 0.456 e. The van der Waals surface area contributed by atoms with Crippen molar-refractivity contribution in [1.29, 1.82) is 0 Å². The van der Waals surface area contributed by atoms with Gasteiger partial charge in [0.25, 0.3) is 0 Å². The average Bonchev–Trinajstić information content (AvgIpc) is 3.88. The van der Waals surface area contributed by atoms with E-state index in [4.69, 9.17) is 19.4 Å². The number of hydrogen-bond acceptors (Lipinski definition) is 4. The van der Waals surface area contributed by atoms with Gasteiger partial charge < -0.3 is 8.98 Å². The van der Waals surface area contributed by atoms with Gasteiger partial charge >= 0.3 is 0 Å². The van der Waals surface area contributed by atoms with Crippen molar-refractivity contribution >= 4 is 76.1 Å². The van der Waals surface area contributed by atoms with E-state index in [1.807, 2.05) is 18.2 Å². The Morgan fingerprint density at radius 3 is 1.76 bits per heavy atom. The standard InChI is InChI=1S/C57H34N4O/c1-2-12-35(13-3-1)36-22-25-38(26-23-36)55-58-56(42-28-29-44-41(32-42)27-24-37-14-6-7-17-43(37)44)60-57(59-55)54-49(30-31-52-53(54)46-19-9-11-21-51(46)62-52)61-48-20-10-8-18-45(48)47-33-39-15-4-5-16-40(39)34-50(47)61/h1-34H. The Balaban J connectivity index is 1.12. The fourth-order valence-electron chi connectivity index (χ4n) is 9.47. The van der Waals surface area contributed by atoms with Crippen molar-refractivity contribution in [3.63, 3.8) is 0 Å². The second kappa shape index (κ2) is 13.6. The minimum Gasteiger partial charge on any atom is -0.456 e. The Morgan fingerprint density at radius 2 is 0.919 bits per heavy atom. The monoisotopic (exact) mass is 790 g/mol. The van der Waals surface area contributed by atoms with Gasteiger partial charge in [0.15, 0.2) is 17.5 Å². The van der Waals surface area contributed by atoms with Crippen molar-refractivity contribution in [2.45, 2.75) is 0 Å². The zero-order valence-corrected chi connectivity index (χ0v) is 33.3. The van der Waals surface area contributed by atoms with Crippen molar-refractivity contribution in [3.05, 3.63) is 206 Å². The lowest BCUT2D eigenvalue weighted by molar-refractivity contribution is 0.669. The predicted molar refractivity (Wildman–Crippen MR) is 256 cm³/mol. The van der Waals surface area contributed by atoms with Crippen LogP contribution in [0.5, 0.6) is 0 Å². The molecule has 3 aromatic heterocycles. The highest BCUT2D eigenvalue weighted by atomic mass is 16.3. The molecule has 288 valence electrons. The zero-order valence-electron chi connectivity index (χ0n) is 33.3. The fourth-order valence-corrected chi connectivity index (χ4v) is 9.47. The lowest BCUT2D eigenvalue weighted by Gasteiger charge is -2.16. The number of nitrogens with zero attached hydrogens (tertiary/aromatic N) is 4. The molecule has 5 heteroatoms. The normalized spacial score (nSPS) is 11.9.